The van der Waals surface area contributed by atoms with Gasteiger partial charge in [-0.2, -0.15) is 0 Å². The van der Waals surface area contributed by atoms with E-state index < -0.39 is 0 Å². The molecule has 20 heavy (non-hydrogen) atoms. The SMILES string of the molecule is CN(C)c1ccc(C(=O)N2CCc3ccccc32)cn1. The van der Waals surface area contributed by atoms with E-state index in [9.17, 15) is 4.79 Å². The first kappa shape index (κ1) is 12.7. The fourth-order valence-electron chi connectivity index (χ4n) is 2.48. The highest BCUT2D eigenvalue weighted by atomic mass is 16.2. The zero-order valence-electron chi connectivity index (χ0n) is 11.7. The number of hydrogen-bond acceptors (Lipinski definition) is 3. The van der Waals surface area contributed by atoms with Gasteiger partial charge in [0.15, 0.2) is 0 Å². The highest BCUT2D eigenvalue weighted by molar-refractivity contribution is 6.07. The number of amides is 1. The van der Waals surface area contributed by atoms with Crippen LogP contribution in [0.15, 0.2) is 42.6 Å². The number of aromatic nitrogens is 1. The van der Waals surface area contributed by atoms with Crippen molar-refractivity contribution in [3.05, 3.63) is 53.7 Å². The zero-order chi connectivity index (χ0) is 14.1. The summed E-state index contributed by atoms with van der Waals surface area (Å²) in [5.74, 6) is 0.871. The highest BCUT2D eigenvalue weighted by Crippen LogP contribution is 2.28. The molecule has 0 saturated carbocycles. The zero-order valence-corrected chi connectivity index (χ0v) is 11.7. The van der Waals surface area contributed by atoms with Crippen molar-refractivity contribution in [3.63, 3.8) is 0 Å². The minimum Gasteiger partial charge on any atom is -0.363 e. The van der Waals surface area contributed by atoms with Crippen LogP contribution in [0, 0.1) is 0 Å². The lowest BCUT2D eigenvalue weighted by Gasteiger charge is -2.18. The van der Waals surface area contributed by atoms with Gasteiger partial charge in [0.2, 0.25) is 0 Å². The molecule has 0 radical (unpaired) electrons. The van der Waals surface area contributed by atoms with E-state index in [0.717, 1.165) is 24.5 Å². The van der Waals surface area contributed by atoms with Gasteiger partial charge in [0.05, 0.1) is 5.56 Å². The summed E-state index contributed by atoms with van der Waals surface area (Å²) in [6.45, 7) is 0.744. The van der Waals surface area contributed by atoms with Gasteiger partial charge in [0.1, 0.15) is 5.82 Å². The van der Waals surface area contributed by atoms with Crippen LogP contribution in [0.25, 0.3) is 0 Å². The Hall–Kier alpha value is -2.36. The minimum absolute atomic E-state index is 0.0211. The Bertz CT molecular complexity index is 634. The van der Waals surface area contributed by atoms with Crippen molar-refractivity contribution in [1.29, 1.82) is 0 Å². The second kappa shape index (κ2) is 4.96. The van der Waals surface area contributed by atoms with Crippen molar-refractivity contribution in [1.82, 2.24) is 4.98 Å². The van der Waals surface area contributed by atoms with Gasteiger partial charge < -0.3 is 9.80 Å². The highest BCUT2D eigenvalue weighted by Gasteiger charge is 2.25. The first-order chi connectivity index (χ1) is 9.66. The van der Waals surface area contributed by atoms with Crippen LogP contribution in [0.2, 0.25) is 0 Å². The molecule has 0 saturated heterocycles. The maximum atomic E-state index is 12.6. The molecule has 3 rings (SSSR count). The number of fused-ring (bicyclic) bond motifs is 1. The topological polar surface area (TPSA) is 36.4 Å². The monoisotopic (exact) mass is 267 g/mol. The van der Waals surface area contributed by atoms with Crippen molar-refractivity contribution in [2.45, 2.75) is 6.42 Å². The summed E-state index contributed by atoms with van der Waals surface area (Å²) in [6.07, 6.45) is 2.57. The standard InChI is InChI=1S/C16H17N3O/c1-18(2)15-8-7-13(11-17-15)16(20)19-10-9-12-5-3-4-6-14(12)19/h3-8,11H,9-10H2,1-2H3. The molecule has 2 aromatic rings. The van der Waals surface area contributed by atoms with Crippen LogP contribution in [0.4, 0.5) is 11.5 Å². The number of carbonyl (C=O) groups excluding carboxylic acids is 1. The van der Waals surface area contributed by atoms with Crippen molar-refractivity contribution in [2.75, 3.05) is 30.4 Å². The van der Waals surface area contributed by atoms with Crippen LogP contribution in [0.1, 0.15) is 15.9 Å². The van der Waals surface area contributed by atoms with Crippen LogP contribution in [-0.2, 0) is 6.42 Å². The molecule has 0 atom stereocenters. The average molecular weight is 267 g/mol. The maximum absolute atomic E-state index is 12.6. The summed E-state index contributed by atoms with van der Waals surface area (Å²) in [4.78, 5) is 20.6. The van der Waals surface area contributed by atoms with E-state index in [4.69, 9.17) is 0 Å². The number of hydrogen-bond donors (Lipinski definition) is 0. The summed E-state index contributed by atoms with van der Waals surface area (Å²) in [5, 5.41) is 0. The number of rotatable bonds is 2. The average Bonchev–Trinajstić information content (AvgIpc) is 2.90. The molecule has 0 bridgehead atoms. The predicted molar refractivity (Wildman–Crippen MR) is 80.4 cm³/mol. The normalized spacial score (nSPS) is 13.2. The summed E-state index contributed by atoms with van der Waals surface area (Å²) in [5.41, 5.74) is 2.89. The Labute approximate surface area is 118 Å². The summed E-state index contributed by atoms with van der Waals surface area (Å²) < 4.78 is 0. The van der Waals surface area contributed by atoms with E-state index >= 15 is 0 Å². The van der Waals surface area contributed by atoms with Gasteiger partial charge in [-0.05, 0) is 30.2 Å². The first-order valence-corrected chi connectivity index (χ1v) is 6.70. The van der Waals surface area contributed by atoms with E-state index in [-0.39, 0.29) is 5.91 Å². The molecule has 0 N–H and O–H groups in total. The van der Waals surface area contributed by atoms with Crippen molar-refractivity contribution >= 4 is 17.4 Å². The number of pyridine rings is 1. The Morgan fingerprint density at radius 1 is 1.20 bits per heavy atom. The van der Waals surface area contributed by atoms with E-state index in [0.29, 0.717) is 5.56 Å². The molecule has 1 aromatic carbocycles. The van der Waals surface area contributed by atoms with E-state index in [2.05, 4.69) is 11.1 Å². The molecule has 1 amide bonds. The third kappa shape index (κ3) is 2.13. The lowest BCUT2D eigenvalue weighted by atomic mass is 10.2. The molecular weight excluding hydrogens is 250 g/mol. The van der Waals surface area contributed by atoms with Gasteiger partial charge in [-0.1, -0.05) is 18.2 Å². The van der Waals surface area contributed by atoms with Crippen molar-refractivity contribution < 1.29 is 4.79 Å². The number of anilines is 2. The first-order valence-electron chi connectivity index (χ1n) is 6.70. The number of nitrogens with zero attached hydrogens (tertiary/aromatic N) is 3. The summed E-state index contributed by atoms with van der Waals surface area (Å²) >= 11 is 0. The molecule has 1 aliphatic heterocycles. The van der Waals surface area contributed by atoms with Crippen molar-refractivity contribution in [3.8, 4) is 0 Å². The van der Waals surface area contributed by atoms with Crippen LogP contribution in [0.3, 0.4) is 0 Å². The molecular formula is C16H17N3O. The van der Waals surface area contributed by atoms with Gasteiger partial charge >= 0.3 is 0 Å². The van der Waals surface area contributed by atoms with Gasteiger partial charge in [0, 0.05) is 32.5 Å². The van der Waals surface area contributed by atoms with E-state index in [1.807, 2.05) is 54.2 Å². The summed E-state index contributed by atoms with van der Waals surface area (Å²) in [7, 11) is 3.86. The van der Waals surface area contributed by atoms with Gasteiger partial charge in [-0.3, -0.25) is 4.79 Å². The Kier molecular flexibility index (Phi) is 3.14. The quantitative estimate of drug-likeness (QED) is 0.838. The van der Waals surface area contributed by atoms with Crippen LogP contribution < -0.4 is 9.80 Å². The molecule has 4 nitrogen and oxygen atoms in total. The molecule has 0 spiro atoms. The minimum atomic E-state index is 0.0211. The maximum Gasteiger partial charge on any atom is 0.259 e. The predicted octanol–water partition coefficient (Wildman–Crippen LogP) is 2.35. The van der Waals surface area contributed by atoms with Gasteiger partial charge in [-0.15, -0.1) is 0 Å². The van der Waals surface area contributed by atoms with E-state index in [1.165, 1.54) is 5.56 Å². The third-order valence-corrected chi connectivity index (χ3v) is 3.59. The molecule has 0 aliphatic carbocycles. The lowest BCUT2D eigenvalue weighted by molar-refractivity contribution is 0.0989. The Balaban J connectivity index is 1.87. The molecule has 2 heterocycles. The smallest absolute Gasteiger partial charge is 0.259 e. The van der Waals surface area contributed by atoms with Gasteiger partial charge in [0.25, 0.3) is 5.91 Å². The molecule has 1 aromatic heterocycles. The molecule has 102 valence electrons. The van der Waals surface area contributed by atoms with Crippen molar-refractivity contribution in [2.24, 2.45) is 0 Å². The number of carbonyl (C=O) groups is 1. The number of para-hydroxylation sites is 1. The molecule has 4 heteroatoms. The Morgan fingerprint density at radius 2 is 2.00 bits per heavy atom. The Morgan fingerprint density at radius 3 is 2.70 bits per heavy atom. The third-order valence-electron chi connectivity index (χ3n) is 3.59. The van der Waals surface area contributed by atoms with Crippen LogP contribution >= 0.6 is 0 Å². The molecule has 0 fully saturated rings. The van der Waals surface area contributed by atoms with Gasteiger partial charge in [-0.25, -0.2) is 4.98 Å². The van der Waals surface area contributed by atoms with Crippen LogP contribution in [-0.4, -0.2) is 31.5 Å². The fraction of sp³-hybridized carbons (Fsp3) is 0.250. The second-order valence-electron chi connectivity index (χ2n) is 5.14. The molecule has 0 unspecified atom stereocenters. The van der Waals surface area contributed by atoms with Crippen LogP contribution in [0.5, 0.6) is 0 Å². The second-order valence-corrected chi connectivity index (χ2v) is 5.14. The molecule has 1 aliphatic rings. The lowest BCUT2D eigenvalue weighted by Crippen LogP contribution is -2.29. The fourth-order valence-corrected chi connectivity index (χ4v) is 2.48. The van der Waals surface area contributed by atoms with E-state index in [1.54, 1.807) is 6.20 Å². The largest absolute Gasteiger partial charge is 0.363 e. The summed E-state index contributed by atoms with van der Waals surface area (Å²) in [6, 6.07) is 11.8. The number of benzene rings is 1.